The van der Waals surface area contributed by atoms with E-state index in [9.17, 15) is 14.4 Å². The number of rotatable bonds is 9. The molecule has 4 saturated carbocycles. The molecule has 0 spiro atoms. The number of hydrogen-bond acceptors (Lipinski definition) is 5. The Morgan fingerprint density at radius 1 is 1.07 bits per heavy atom. The summed E-state index contributed by atoms with van der Waals surface area (Å²) >= 11 is 0. The fraction of sp³-hybridized carbons (Fsp3) is 0.609. The minimum atomic E-state index is -0.559. The fourth-order valence-corrected chi connectivity index (χ4v) is 6.17. The van der Waals surface area contributed by atoms with Crippen molar-refractivity contribution < 1.29 is 23.9 Å². The van der Waals surface area contributed by atoms with E-state index in [0.29, 0.717) is 12.2 Å². The van der Waals surface area contributed by atoms with E-state index in [1.54, 1.807) is 24.3 Å². The zero-order valence-corrected chi connectivity index (χ0v) is 17.2. The quantitative estimate of drug-likeness (QED) is 0.603. The largest absolute Gasteiger partial charge is 0.484 e. The molecular weight excluding hydrogens is 384 g/mol. The van der Waals surface area contributed by atoms with E-state index in [0.717, 1.165) is 23.3 Å². The summed E-state index contributed by atoms with van der Waals surface area (Å²) < 4.78 is 10.5. The van der Waals surface area contributed by atoms with Gasteiger partial charge >= 0.3 is 5.97 Å². The van der Waals surface area contributed by atoms with E-state index >= 15 is 0 Å². The number of carbonyl (C=O) groups excluding carboxylic acids is 3. The molecule has 0 atom stereocenters. The maximum Gasteiger partial charge on any atom is 0.325 e. The van der Waals surface area contributed by atoms with Crippen LogP contribution in [0.2, 0.25) is 0 Å². The Labute approximate surface area is 176 Å². The highest BCUT2D eigenvalue weighted by Gasteiger charge is 2.51. The number of primary amides is 1. The van der Waals surface area contributed by atoms with Gasteiger partial charge in [-0.15, -0.1) is 0 Å². The van der Waals surface area contributed by atoms with Crippen LogP contribution in [0.5, 0.6) is 5.75 Å². The van der Waals surface area contributed by atoms with Crippen molar-refractivity contribution in [1.82, 2.24) is 5.32 Å². The van der Waals surface area contributed by atoms with Gasteiger partial charge in [0.05, 0.1) is 0 Å². The normalized spacial score (nSPS) is 28.7. The van der Waals surface area contributed by atoms with Gasteiger partial charge in [-0.2, -0.15) is 0 Å². The number of nitrogens with two attached hydrogens (primary N) is 1. The van der Waals surface area contributed by atoms with E-state index < -0.39 is 11.9 Å². The monoisotopic (exact) mass is 414 g/mol. The van der Waals surface area contributed by atoms with Crippen molar-refractivity contribution in [2.45, 2.75) is 51.6 Å². The molecule has 2 amide bonds. The standard InChI is InChI=1S/C23H30N2O5/c24-20(26)14-29-19-3-1-2-15(7-19)13-30-22(28)12-25-21(27)11-23-8-16-4-17(9-23)6-18(5-16)10-23/h1-3,7,16-18H,4-6,8-14H2,(H2,24,26)(H,25,27). The van der Waals surface area contributed by atoms with Crippen LogP contribution in [0.25, 0.3) is 0 Å². The van der Waals surface area contributed by atoms with Crippen molar-refractivity contribution >= 4 is 17.8 Å². The average Bonchev–Trinajstić information content (AvgIpc) is 2.68. The third-order valence-corrected chi connectivity index (χ3v) is 6.81. The maximum absolute atomic E-state index is 12.5. The number of amides is 2. The highest BCUT2D eigenvalue weighted by molar-refractivity contribution is 5.82. The summed E-state index contributed by atoms with van der Waals surface area (Å²) in [6, 6.07) is 6.91. The Morgan fingerprint density at radius 3 is 2.37 bits per heavy atom. The first-order valence-electron chi connectivity index (χ1n) is 10.8. The molecule has 0 heterocycles. The van der Waals surface area contributed by atoms with Crippen molar-refractivity contribution in [2.24, 2.45) is 28.9 Å². The number of esters is 1. The predicted molar refractivity (Wildman–Crippen MR) is 109 cm³/mol. The first-order chi connectivity index (χ1) is 14.4. The van der Waals surface area contributed by atoms with Crippen LogP contribution in [0.3, 0.4) is 0 Å². The number of carbonyl (C=O) groups is 3. The summed E-state index contributed by atoms with van der Waals surface area (Å²) in [5.74, 6) is 1.81. The van der Waals surface area contributed by atoms with Gasteiger partial charge in [0.25, 0.3) is 5.91 Å². The van der Waals surface area contributed by atoms with Crippen LogP contribution in [0.15, 0.2) is 24.3 Å². The molecule has 162 valence electrons. The molecule has 4 fully saturated rings. The molecule has 4 aliphatic rings. The van der Waals surface area contributed by atoms with Gasteiger partial charge in [-0.1, -0.05) is 12.1 Å². The average molecular weight is 415 g/mol. The third kappa shape index (κ3) is 5.12. The van der Waals surface area contributed by atoms with Crippen molar-refractivity contribution in [2.75, 3.05) is 13.2 Å². The van der Waals surface area contributed by atoms with Crippen molar-refractivity contribution in [3.05, 3.63) is 29.8 Å². The summed E-state index contributed by atoms with van der Waals surface area (Å²) in [7, 11) is 0. The second-order valence-corrected chi connectivity index (χ2v) is 9.43. The Kier molecular flexibility index (Phi) is 5.97. The molecule has 7 heteroatoms. The lowest BCUT2D eigenvalue weighted by Crippen LogP contribution is -2.48. The second kappa shape index (κ2) is 8.66. The SMILES string of the molecule is NC(=O)COc1cccc(COC(=O)CNC(=O)CC23CC4CC(CC(C4)C2)C3)c1. The zero-order chi connectivity index (χ0) is 21.1. The van der Waals surface area contributed by atoms with E-state index in [2.05, 4.69) is 5.32 Å². The molecule has 3 N–H and O–H groups in total. The predicted octanol–water partition coefficient (Wildman–Crippen LogP) is 2.32. The van der Waals surface area contributed by atoms with Gasteiger partial charge in [-0.3, -0.25) is 14.4 Å². The molecule has 30 heavy (non-hydrogen) atoms. The lowest BCUT2D eigenvalue weighted by molar-refractivity contribution is -0.146. The summed E-state index contributed by atoms with van der Waals surface area (Å²) in [6.45, 7) is -0.264. The molecular formula is C23H30N2O5. The minimum absolute atomic E-state index is 0.0456. The lowest BCUT2D eigenvalue weighted by atomic mass is 9.49. The van der Waals surface area contributed by atoms with Crippen molar-refractivity contribution in [1.29, 1.82) is 0 Å². The Hall–Kier alpha value is -2.57. The number of hydrogen-bond donors (Lipinski definition) is 2. The maximum atomic E-state index is 12.5. The molecule has 4 bridgehead atoms. The fourth-order valence-electron chi connectivity index (χ4n) is 6.17. The van der Waals surface area contributed by atoms with Crippen LogP contribution in [-0.2, 0) is 25.7 Å². The van der Waals surface area contributed by atoms with Gasteiger partial charge in [0.2, 0.25) is 5.91 Å². The van der Waals surface area contributed by atoms with E-state index in [-0.39, 0.29) is 31.1 Å². The Morgan fingerprint density at radius 2 is 1.73 bits per heavy atom. The molecule has 0 radical (unpaired) electrons. The van der Waals surface area contributed by atoms with E-state index in [4.69, 9.17) is 15.2 Å². The smallest absolute Gasteiger partial charge is 0.325 e. The third-order valence-electron chi connectivity index (χ3n) is 6.81. The topological polar surface area (TPSA) is 108 Å². The molecule has 0 saturated heterocycles. The zero-order valence-electron chi connectivity index (χ0n) is 17.2. The summed E-state index contributed by atoms with van der Waals surface area (Å²) in [5.41, 5.74) is 5.95. The minimum Gasteiger partial charge on any atom is -0.484 e. The summed E-state index contributed by atoms with van der Waals surface area (Å²) in [4.78, 5) is 35.4. The van der Waals surface area contributed by atoms with Crippen molar-refractivity contribution in [3.63, 3.8) is 0 Å². The van der Waals surface area contributed by atoms with Gasteiger partial charge in [0.15, 0.2) is 6.61 Å². The molecule has 4 aliphatic carbocycles. The van der Waals surface area contributed by atoms with Crippen LogP contribution in [0.4, 0.5) is 0 Å². The Bertz CT molecular complexity index is 786. The first-order valence-corrected chi connectivity index (χ1v) is 10.8. The van der Waals surface area contributed by atoms with Crippen LogP contribution >= 0.6 is 0 Å². The van der Waals surface area contributed by atoms with Gasteiger partial charge in [0, 0.05) is 6.42 Å². The molecule has 5 rings (SSSR count). The molecule has 7 nitrogen and oxygen atoms in total. The highest BCUT2D eigenvalue weighted by atomic mass is 16.5. The van der Waals surface area contributed by atoms with Gasteiger partial charge < -0.3 is 20.5 Å². The summed E-state index contributed by atoms with van der Waals surface area (Å²) in [6.07, 6.45) is 8.09. The lowest BCUT2D eigenvalue weighted by Gasteiger charge is -2.56. The highest BCUT2D eigenvalue weighted by Crippen LogP contribution is 2.61. The van der Waals surface area contributed by atoms with Crippen LogP contribution in [0, 0.1) is 23.2 Å². The first kappa shape index (κ1) is 20.7. The number of nitrogens with one attached hydrogen (secondary N) is 1. The van der Waals surface area contributed by atoms with Gasteiger partial charge in [0.1, 0.15) is 18.9 Å². The molecule has 0 unspecified atom stereocenters. The van der Waals surface area contributed by atoms with Gasteiger partial charge in [-0.05, 0) is 79.4 Å². The number of ether oxygens (including phenoxy) is 2. The second-order valence-electron chi connectivity index (χ2n) is 9.43. The summed E-state index contributed by atoms with van der Waals surface area (Å²) in [5, 5.41) is 2.75. The number of benzene rings is 1. The van der Waals surface area contributed by atoms with Gasteiger partial charge in [-0.25, -0.2) is 0 Å². The molecule has 1 aromatic rings. The molecule has 0 aliphatic heterocycles. The van der Waals surface area contributed by atoms with Crippen molar-refractivity contribution in [3.8, 4) is 5.75 Å². The van der Waals surface area contributed by atoms with Crippen LogP contribution in [-0.4, -0.2) is 30.9 Å². The van der Waals surface area contributed by atoms with Crippen LogP contribution in [0.1, 0.15) is 50.5 Å². The van der Waals surface area contributed by atoms with E-state index in [1.807, 2.05) is 0 Å². The van der Waals surface area contributed by atoms with Crippen LogP contribution < -0.4 is 15.8 Å². The molecule has 0 aromatic heterocycles. The van der Waals surface area contributed by atoms with E-state index in [1.165, 1.54) is 38.5 Å². The molecule has 1 aromatic carbocycles. The Balaban J connectivity index is 1.19.